The molecule has 1 fully saturated rings. The summed E-state index contributed by atoms with van der Waals surface area (Å²) in [5.41, 5.74) is 2.31. The van der Waals surface area contributed by atoms with Gasteiger partial charge in [-0.05, 0) is 64.5 Å². The van der Waals surface area contributed by atoms with E-state index >= 15 is 0 Å². The van der Waals surface area contributed by atoms with Crippen molar-refractivity contribution in [3.8, 4) is 11.3 Å². The molecule has 212 valence electrons. The van der Waals surface area contributed by atoms with Crippen LogP contribution in [-0.4, -0.2) is 32.4 Å². The van der Waals surface area contributed by atoms with Crippen molar-refractivity contribution >= 4 is 35.0 Å². The third kappa shape index (κ3) is 6.73. The lowest BCUT2D eigenvalue weighted by atomic mass is 9.63. The summed E-state index contributed by atoms with van der Waals surface area (Å²) in [5.74, 6) is 1.18. The van der Waals surface area contributed by atoms with Crippen LogP contribution >= 0.6 is 11.6 Å². The topological polar surface area (TPSA) is 104 Å². The van der Waals surface area contributed by atoms with Crippen molar-refractivity contribution < 1.29 is 18.8 Å². The molecule has 1 aliphatic rings. The lowest BCUT2D eigenvalue weighted by molar-refractivity contribution is -0.118. The van der Waals surface area contributed by atoms with E-state index in [2.05, 4.69) is 34.3 Å². The second-order valence-corrected chi connectivity index (χ2v) is 12.9. The highest BCUT2D eigenvalue weighted by Gasteiger charge is 2.38. The van der Waals surface area contributed by atoms with Gasteiger partial charge in [0.1, 0.15) is 28.7 Å². The molecule has 0 spiro atoms. The number of hydrogen-bond donors (Lipinski definition) is 1. The van der Waals surface area contributed by atoms with E-state index in [1.165, 1.54) is 0 Å². The molecule has 1 amide bonds. The quantitative estimate of drug-likeness (QED) is 0.278. The molecule has 1 aliphatic carbocycles. The number of ketones is 1. The lowest BCUT2D eigenvalue weighted by Gasteiger charge is -2.41. The van der Waals surface area contributed by atoms with Crippen molar-refractivity contribution in [1.82, 2.24) is 14.9 Å². The number of amides is 1. The molecule has 0 radical (unpaired) electrons. The Bertz CT molecular complexity index is 1460. The molecule has 40 heavy (non-hydrogen) atoms. The molecule has 10 heteroatoms. The van der Waals surface area contributed by atoms with Crippen LogP contribution in [0.25, 0.3) is 16.1 Å². The first-order chi connectivity index (χ1) is 18.7. The van der Waals surface area contributed by atoms with Crippen molar-refractivity contribution in [3.05, 3.63) is 57.7 Å². The standard InChI is InChI=1S/C30H36ClN5O4/c1-17(2)36-27(33-28(38)39-29(3,4)5)26(32-8)25(34-36)22-10-9-18(12-23(22)31)11-20(37)13-21-14-24(35-40-21)19-15-30(6,7)16-19/h9-10,12,14,17,19H,11,13,15-16H2,1-7H3,(H,33,38). The predicted molar refractivity (Wildman–Crippen MR) is 154 cm³/mol. The van der Waals surface area contributed by atoms with Crippen LogP contribution in [-0.2, 0) is 22.4 Å². The number of Topliss-reactive ketones (excluding diaryl/α,β-unsaturated/α-hetero) is 1. The molecule has 0 unspecified atom stereocenters. The summed E-state index contributed by atoms with van der Waals surface area (Å²) in [4.78, 5) is 29.0. The van der Waals surface area contributed by atoms with E-state index in [0.29, 0.717) is 33.4 Å². The van der Waals surface area contributed by atoms with Gasteiger partial charge in [0.05, 0.1) is 18.7 Å². The Hall–Kier alpha value is -3.64. The molecule has 2 aromatic heterocycles. The zero-order valence-electron chi connectivity index (χ0n) is 24.1. The highest BCUT2D eigenvalue weighted by atomic mass is 35.5. The maximum absolute atomic E-state index is 12.8. The number of ether oxygens (including phenoxy) is 1. The van der Waals surface area contributed by atoms with Crippen LogP contribution in [0.2, 0.25) is 5.02 Å². The van der Waals surface area contributed by atoms with E-state index < -0.39 is 11.7 Å². The number of aromatic nitrogens is 3. The number of halogens is 1. The van der Waals surface area contributed by atoms with E-state index in [9.17, 15) is 9.59 Å². The third-order valence-electron chi connectivity index (χ3n) is 6.76. The second kappa shape index (κ2) is 11.1. The van der Waals surface area contributed by atoms with Gasteiger partial charge in [0.15, 0.2) is 0 Å². The van der Waals surface area contributed by atoms with Crippen molar-refractivity contribution in [1.29, 1.82) is 0 Å². The van der Waals surface area contributed by atoms with E-state index in [1.54, 1.807) is 43.7 Å². The zero-order valence-corrected chi connectivity index (χ0v) is 24.8. The normalized spacial score (nSPS) is 15.0. The largest absolute Gasteiger partial charge is 0.444 e. The summed E-state index contributed by atoms with van der Waals surface area (Å²) in [7, 11) is 0. The summed E-state index contributed by atoms with van der Waals surface area (Å²) in [5, 5.41) is 11.8. The van der Waals surface area contributed by atoms with E-state index in [-0.39, 0.29) is 36.2 Å². The van der Waals surface area contributed by atoms with Gasteiger partial charge in [-0.15, -0.1) is 0 Å². The van der Waals surface area contributed by atoms with Gasteiger partial charge >= 0.3 is 6.09 Å². The third-order valence-corrected chi connectivity index (χ3v) is 7.07. The summed E-state index contributed by atoms with van der Waals surface area (Å²) in [6, 6.07) is 7.00. The monoisotopic (exact) mass is 565 g/mol. The number of rotatable bonds is 8. The highest BCUT2D eigenvalue weighted by Crippen LogP contribution is 2.50. The average Bonchev–Trinajstić information content (AvgIpc) is 3.40. The minimum atomic E-state index is -0.700. The van der Waals surface area contributed by atoms with Gasteiger partial charge in [0, 0.05) is 35.0 Å². The highest BCUT2D eigenvalue weighted by molar-refractivity contribution is 6.33. The zero-order chi connectivity index (χ0) is 29.4. The minimum absolute atomic E-state index is 0.0183. The van der Waals surface area contributed by atoms with E-state index in [4.69, 9.17) is 27.4 Å². The smallest absolute Gasteiger partial charge is 0.412 e. The van der Waals surface area contributed by atoms with Crippen molar-refractivity contribution in [2.75, 3.05) is 5.32 Å². The molecule has 0 saturated heterocycles. The van der Waals surface area contributed by atoms with E-state index in [0.717, 1.165) is 24.1 Å². The maximum atomic E-state index is 12.8. The first kappa shape index (κ1) is 29.3. The average molecular weight is 566 g/mol. The molecular formula is C30H36ClN5O4. The van der Waals surface area contributed by atoms with Crippen molar-refractivity contribution in [2.45, 2.75) is 91.7 Å². The van der Waals surface area contributed by atoms with Gasteiger partial charge in [-0.25, -0.2) is 9.64 Å². The SMILES string of the molecule is [C-]#[N+]c1c(-c2ccc(CC(=O)Cc3cc(C4CC(C)(C)C4)no3)cc2Cl)nn(C(C)C)c1NC(=O)OC(C)(C)C. The summed E-state index contributed by atoms with van der Waals surface area (Å²) in [6.07, 6.45) is 1.79. The molecule has 1 aromatic carbocycles. The fourth-order valence-corrected chi connectivity index (χ4v) is 5.33. The Morgan fingerprint density at radius 3 is 2.52 bits per heavy atom. The number of anilines is 1. The molecular weight excluding hydrogens is 530 g/mol. The van der Waals surface area contributed by atoms with E-state index in [1.807, 2.05) is 19.9 Å². The summed E-state index contributed by atoms with van der Waals surface area (Å²) in [6.45, 7) is 21.4. The molecule has 0 bridgehead atoms. The molecule has 1 N–H and O–H groups in total. The number of carbonyl (C=O) groups excluding carboxylic acids is 2. The van der Waals surface area contributed by atoms with Crippen LogP contribution in [0.3, 0.4) is 0 Å². The van der Waals surface area contributed by atoms with Crippen LogP contribution in [0.15, 0.2) is 28.8 Å². The van der Waals surface area contributed by atoms with Crippen LogP contribution in [0.4, 0.5) is 16.3 Å². The molecule has 4 rings (SSSR count). The minimum Gasteiger partial charge on any atom is -0.444 e. The van der Waals surface area contributed by atoms with Gasteiger partial charge in [-0.2, -0.15) is 5.10 Å². The van der Waals surface area contributed by atoms with Gasteiger partial charge in [-0.1, -0.05) is 42.7 Å². The second-order valence-electron chi connectivity index (χ2n) is 12.5. The maximum Gasteiger partial charge on any atom is 0.412 e. The molecule has 0 atom stereocenters. The molecule has 3 aromatic rings. The first-order valence-corrected chi connectivity index (χ1v) is 13.8. The molecule has 0 aliphatic heterocycles. The fourth-order valence-electron chi connectivity index (χ4n) is 5.04. The first-order valence-electron chi connectivity index (χ1n) is 13.4. The van der Waals surface area contributed by atoms with Gasteiger partial charge in [0.2, 0.25) is 0 Å². The van der Waals surface area contributed by atoms with Crippen molar-refractivity contribution in [3.63, 3.8) is 0 Å². The van der Waals surface area contributed by atoms with Crippen molar-refractivity contribution in [2.24, 2.45) is 5.41 Å². The summed E-state index contributed by atoms with van der Waals surface area (Å²) >= 11 is 6.65. The summed E-state index contributed by atoms with van der Waals surface area (Å²) < 4.78 is 12.4. The van der Waals surface area contributed by atoms with Crippen LogP contribution in [0.5, 0.6) is 0 Å². The van der Waals surface area contributed by atoms with Crippen LogP contribution in [0.1, 0.15) is 90.3 Å². The Morgan fingerprint density at radius 1 is 1.25 bits per heavy atom. The number of hydrogen-bond acceptors (Lipinski definition) is 6. The Labute approximate surface area is 240 Å². The molecule has 9 nitrogen and oxygen atoms in total. The fraction of sp³-hybridized carbons (Fsp3) is 0.500. The van der Waals surface area contributed by atoms with Gasteiger partial charge in [0.25, 0.3) is 5.69 Å². The molecule has 1 saturated carbocycles. The van der Waals surface area contributed by atoms with Crippen LogP contribution < -0.4 is 5.32 Å². The van der Waals surface area contributed by atoms with Gasteiger partial charge in [-0.3, -0.25) is 14.8 Å². The Kier molecular flexibility index (Phi) is 8.13. The number of nitrogens with zero attached hydrogens (tertiary/aromatic N) is 4. The number of nitrogens with one attached hydrogen (secondary N) is 1. The number of carbonyl (C=O) groups is 2. The van der Waals surface area contributed by atoms with Crippen LogP contribution in [0, 0.1) is 12.0 Å². The lowest BCUT2D eigenvalue weighted by Crippen LogP contribution is -2.29. The Morgan fingerprint density at radius 2 is 1.95 bits per heavy atom. The Balaban J connectivity index is 1.50. The molecule has 2 heterocycles. The van der Waals surface area contributed by atoms with Gasteiger partial charge < -0.3 is 9.26 Å². The predicted octanol–water partition coefficient (Wildman–Crippen LogP) is 7.93. The number of benzene rings is 1.